The van der Waals surface area contributed by atoms with Gasteiger partial charge in [0.05, 0.1) is 0 Å². The SMILES string of the molecule is CC(C)(C)OC(=O)N[C@@H](CCCC(C)(C)[Si](O)(c1ccccc1)c1ccccc1)C(=O)O. The molecule has 0 saturated heterocycles. The van der Waals surface area contributed by atoms with Crippen LogP contribution in [-0.2, 0) is 9.53 Å². The summed E-state index contributed by atoms with van der Waals surface area (Å²) in [6.07, 6.45) is 0.615. The van der Waals surface area contributed by atoms with Crippen LogP contribution < -0.4 is 15.7 Å². The molecule has 0 aliphatic heterocycles. The van der Waals surface area contributed by atoms with Gasteiger partial charge < -0.3 is 20.0 Å². The lowest BCUT2D eigenvalue weighted by Gasteiger charge is -2.41. The minimum atomic E-state index is -3.15. The Hall–Kier alpha value is -2.64. The Morgan fingerprint density at radius 3 is 1.81 bits per heavy atom. The molecule has 0 aliphatic rings. The molecule has 0 spiro atoms. The highest BCUT2D eigenvalue weighted by atomic mass is 28.4. The van der Waals surface area contributed by atoms with Gasteiger partial charge in [0.25, 0.3) is 8.32 Å². The molecular weight excluding hydrogens is 422 g/mol. The molecule has 7 heteroatoms. The van der Waals surface area contributed by atoms with Gasteiger partial charge in [-0.15, -0.1) is 0 Å². The van der Waals surface area contributed by atoms with E-state index in [1.807, 2.05) is 74.5 Å². The molecule has 6 nitrogen and oxygen atoms in total. The minimum Gasteiger partial charge on any atom is -0.480 e. The van der Waals surface area contributed by atoms with Gasteiger partial charge in [-0.05, 0) is 49.0 Å². The molecule has 0 bridgehead atoms. The van der Waals surface area contributed by atoms with E-state index in [9.17, 15) is 19.5 Å². The maximum Gasteiger partial charge on any atom is 0.408 e. The number of hydrogen-bond acceptors (Lipinski definition) is 4. The molecular formula is C25H35NO5Si. The van der Waals surface area contributed by atoms with Gasteiger partial charge in [-0.25, -0.2) is 9.59 Å². The topological polar surface area (TPSA) is 95.9 Å². The van der Waals surface area contributed by atoms with Gasteiger partial charge in [-0.1, -0.05) is 80.9 Å². The van der Waals surface area contributed by atoms with Crippen LogP contribution in [0.4, 0.5) is 4.79 Å². The standard InChI is InChI=1S/C25H35NO5Si/c1-24(2,3)31-23(29)26-21(22(27)28)17-12-18-25(4,5)32(30,19-13-8-6-9-14-19)20-15-10-7-11-16-20/h6-11,13-16,21,30H,12,17-18H2,1-5H3,(H,26,29)(H,27,28)/t21-/m0/s1. The summed E-state index contributed by atoms with van der Waals surface area (Å²) in [6.45, 7) is 9.25. The largest absolute Gasteiger partial charge is 0.480 e. The summed E-state index contributed by atoms with van der Waals surface area (Å²) < 4.78 is 5.19. The summed E-state index contributed by atoms with van der Waals surface area (Å²) in [4.78, 5) is 35.9. The first kappa shape index (κ1) is 25.6. The Kier molecular flexibility index (Phi) is 8.26. The lowest BCUT2D eigenvalue weighted by molar-refractivity contribution is -0.139. The van der Waals surface area contributed by atoms with E-state index in [0.717, 1.165) is 10.4 Å². The molecule has 0 aromatic heterocycles. The highest BCUT2D eigenvalue weighted by Gasteiger charge is 2.49. The molecule has 1 amide bonds. The van der Waals surface area contributed by atoms with Crippen molar-refractivity contribution in [2.75, 3.05) is 0 Å². The van der Waals surface area contributed by atoms with Crippen LogP contribution in [-0.4, -0.2) is 41.9 Å². The number of amides is 1. The monoisotopic (exact) mass is 457 g/mol. The normalized spacial score (nSPS) is 13.3. The molecule has 174 valence electrons. The maximum atomic E-state index is 12.2. The van der Waals surface area contributed by atoms with E-state index < -0.39 is 37.1 Å². The first-order valence-electron chi connectivity index (χ1n) is 10.9. The van der Waals surface area contributed by atoms with Gasteiger partial charge in [-0.2, -0.15) is 0 Å². The average molecular weight is 458 g/mol. The predicted octanol–water partition coefficient (Wildman–Crippen LogP) is 3.67. The number of ether oxygens (including phenoxy) is 1. The number of carbonyl (C=O) groups is 2. The van der Waals surface area contributed by atoms with Gasteiger partial charge in [-0.3, -0.25) is 0 Å². The zero-order chi connectivity index (χ0) is 24.0. The second kappa shape index (κ2) is 10.3. The first-order chi connectivity index (χ1) is 14.9. The summed E-state index contributed by atoms with van der Waals surface area (Å²) >= 11 is 0. The second-order valence-electron chi connectivity index (χ2n) is 9.76. The number of benzene rings is 2. The van der Waals surface area contributed by atoms with E-state index >= 15 is 0 Å². The van der Waals surface area contributed by atoms with Crippen molar-refractivity contribution in [1.29, 1.82) is 0 Å². The molecule has 0 heterocycles. The smallest absolute Gasteiger partial charge is 0.408 e. The molecule has 0 aliphatic carbocycles. The number of carboxylic acid groups (broad SMARTS) is 1. The first-order valence-corrected chi connectivity index (χ1v) is 12.9. The number of carboxylic acids is 1. The second-order valence-corrected chi connectivity index (χ2v) is 13.7. The van der Waals surface area contributed by atoms with E-state index in [1.54, 1.807) is 20.8 Å². The third-order valence-corrected chi connectivity index (χ3v) is 10.2. The quantitative estimate of drug-likeness (QED) is 0.500. The van der Waals surface area contributed by atoms with Crippen molar-refractivity contribution in [3.63, 3.8) is 0 Å². The van der Waals surface area contributed by atoms with Crippen molar-refractivity contribution in [1.82, 2.24) is 5.32 Å². The van der Waals surface area contributed by atoms with Crippen LogP contribution in [0.25, 0.3) is 0 Å². The fourth-order valence-corrected chi connectivity index (χ4v) is 7.73. The predicted molar refractivity (Wildman–Crippen MR) is 129 cm³/mol. The van der Waals surface area contributed by atoms with Crippen LogP contribution in [0.1, 0.15) is 53.9 Å². The van der Waals surface area contributed by atoms with Crippen molar-refractivity contribution in [3.05, 3.63) is 60.7 Å². The average Bonchev–Trinajstić information content (AvgIpc) is 2.72. The van der Waals surface area contributed by atoms with E-state index in [-0.39, 0.29) is 6.42 Å². The van der Waals surface area contributed by atoms with Crippen LogP contribution >= 0.6 is 0 Å². The van der Waals surface area contributed by atoms with Crippen LogP contribution in [0.5, 0.6) is 0 Å². The van der Waals surface area contributed by atoms with E-state index in [4.69, 9.17) is 4.74 Å². The summed E-state index contributed by atoms with van der Waals surface area (Å²) in [5.41, 5.74) is -0.706. The van der Waals surface area contributed by atoms with Crippen LogP contribution in [0, 0.1) is 0 Å². The number of nitrogens with one attached hydrogen (secondary N) is 1. The highest BCUT2D eigenvalue weighted by molar-refractivity contribution is 6.98. The van der Waals surface area contributed by atoms with Crippen LogP contribution in [0.2, 0.25) is 5.04 Å². The molecule has 0 unspecified atom stereocenters. The number of alkyl carbamates (subject to hydrolysis) is 1. The van der Waals surface area contributed by atoms with Gasteiger partial charge in [0.2, 0.25) is 0 Å². The molecule has 32 heavy (non-hydrogen) atoms. The van der Waals surface area contributed by atoms with Crippen LogP contribution in [0.15, 0.2) is 60.7 Å². The Bertz CT molecular complexity index is 854. The van der Waals surface area contributed by atoms with E-state index in [0.29, 0.717) is 12.8 Å². The van der Waals surface area contributed by atoms with Gasteiger partial charge in [0.1, 0.15) is 11.6 Å². The zero-order valence-electron chi connectivity index (χ0n) is 19.6. The third kappa shape index (κ3) is 6.43. The Morgan fingerprint density at radius 1 is 0.938 bits per heavy atom. The maximum absolute atomic E-state index is 12.2. The van der Waals surface area contributed by atoms with Crippen molar-refractivity contribution < 1.29 is 24.2 Å². The Morgan fingerprint density at radius 2 is 1.41 bits per heavy atom. The summed E-state index contributed by atoms with van der Waals surface area (Å²) in [5.74, 6) is -1.10. The minimum absolute atomic E-state index is 0.242. The van der Waals surface area contributed by atoms with Crippen LogP contribution in [0.3, 0.4) is 0 Å². The van der Waals surface area contributed by atoms with Crippen molar-refractivity contribution in [3.8, 4) is 0 Å². The lowest BCUT2D eigenvalue weighted by atomic mass is 10.0. The third-order valence-electron chi connectivity index (χ3n) is 5.65. The number of aliphatic carboxylic acids is 1. The molecule has 2 aromatic rings. The summed E-state index contributed by atoms with van der Waals surface area (Å²) in [7, 11) is -3.15. The summed E-state index contributed by atoms with van der Waals surface area (Å²) in [5, 5.41) is 13.4. The Balaban J connectivity index is 2.18. The highest BCUT2D eigenvalue weighted by Crippen LogP contribution is 2.40. The van der Waals surface area contributed by atoms with E-state index in [2.05, 4.69) is 5.32 Å². The molecule has 3 N–H and O–H groups in total. The molecule has 0 saturated carbocycles. The van der Waals surface area contributed by atoms with Gasteiger partial charge in [0, 0.05) is 0 Å². The van der Waals surface area contributed by atoms with E-state index in [1.165, 1.54) is 0 Å². The van der Waals surface area contributed by atoms with Gasteiger partial charge in [0.15, 0.2) is 0 Å². The zero-order valence-corrected chi connectivity index (χ0v) is 20.6. The number of carbonyl (C=O) groups excluding carboxylic acids is 1. The number of rotatable bonds is 9. The molecule has 1 atom stereocenters. The Labute approximate surface area is 191 Å². The molecule has 2 rings (SSSR count). The molecule has 0 radical (unpaired) electrons. The van der Waals surface area contributed by atoms with Crippen molar-refractivity contribution in [2.24, 2.45) is 0 Å². The lowest BCUT2D eigenvalue weighted by Crippen LogP contribution is -2.65. The molecule has 0 fully saturated rings. The fourth-order valence-electron chi connectivity index (χ4n) is 3.94. The number of hydrogen-bond donors (Lipinski definition) is 3. The molecule has 2 aromatic carbocycles. The van der Waals surface area contributed by atoms with Crippen molar-refractivity contribution in [2.45, 2.75) is 70.6 Å². The van der Waals surface area contributed by atoms with Crippen molar-refractivity contribution >= 4 is 30.8 Å². The van der Waals surface area contributed by atoms with Gasteiger partial charge >= 0.3 is 12.1 Å². The summed E-state index contributed by atoms with van der Waals surface area (Å²) in [6, 6.07) is 18.4. The fraction of sp³-hybridized carbons (Fsp3) is 0.440.